The predicted octanol–water partition coefficient (Wildman–Crippen LogP) is -1.07. The molecule has 0 heterocycles. The van der Waals surface area contributed by atoms with Crippen LogP contribution in [0.5, 0.6) is 0 Å². The number of aliphatic hydroxyl groups excluding tert-OH is 1. The van der Waals surface area contributed by atoms with Crippen molar-refractivity contribution in [2.45, 2.75) is 70.3 Å². The van der Waals surface area contributed by atoms with Crippen LogP contribution in [0.3, 0.4) is 0 Å². The highest BCUT2D eigenvalue weighted by atomic mass is 31.1. The highest BCUT2D eigenvalue weighted by molar-refractivity contribution is 7.34. The first-order chi connectivity index (χ1) is 15.1. The molecule has 4 amide bonds. The Morgan fingerprint density at radius 3 is 2.00 bits per heavy atom. The van der Waals surface area contributed by atoms with Gasteiger partial charge in [-0.1, -0.05) is 23.9 Å². The van der Waals surface area contributed by atoms with E-state index in [1.165, 1.54) is 20.8 Å². The summed E-state index contributed by atoms with van der Waals surface area (Å²) in [4.78, 5) is 48.5. The van der Waals surface area contributed by atoms with Crippen molar-refractivity contribution in [3.8, 4) is 0 Å². The Bertz CT molecular complexity index is 616. The summed E-state index contributed by atoms with van der Waals surface area (Å²) in [5, 5.41) is 26.6. The lowest BCUT2D eigenvalue weighted by Crippen LogP contribution is -2.56. The van der Waals surface area contributed by atoms with Gasteiger partial charge in [0.25, 0.3) is 5.91 Å². The van der Waals surface area contributed by atoms with Crippen molar-refractivity contribution in [2.75, 3.05) is 19.9 Å². The van der Waals surface area contributed by atoms with E-state index in [1.54, 1.807) is 0 Å². The van der Waals surface area contributed by atoms with Crippen molar-refractivity contribution < 1.29 is 24.3 Å². The zero-order valence-electron chi connectivity index (χ0n) is 19.4. The Morgan fingerprint density at radius 2 is 1.44 bits per heavy atom. The number of rotatable bonds is 16. The maximum Gasteiger partial charge on any atom is 0.251 e. The van der Waals surface area contributed by atoms with Crippen LogP contribution >= 0.6 is 26.9 Å². The minimum atomic E-state index is -1.54. The normalized spacial score (nSPS) is 16.3. The van der Waals surface area contributed by atoms with Gasteiger partial charge in [0.1, 0.15) is 12.1 Å². The van der Waals surface area contributed by atoms with Crippen molar-refractivity contribution in [1.82, 2.24) is 31.2 Å². The third-order valence-electron chi connectivity index (χ3n) is 4.61. The Balaban J connectivity index is 4.67. The number of amides is 4. The first-order valence-corrected chi connectivity index (χ1v) is 14.1. The molecule has 0 aliphatic rings. The first-order valence-electron chi connectivity index (χ1n) is 10.5. The van der Waals surface area contributed by atoms with Crippen molar-refractivity contribution in [3.05, 3.63) is 0 Å². The van der Waals surface area contributed by atoms with Crippen molar-refractivity contribution in [2.24, 2.45) is 0 Å². The molecule has 0 bridgehead atoms. The molecule has 0 aromatic heterocycles. The van der Waals surface area contributed by atoms with Crippen LogP contribution in [0.1, 0.15) is 40.0 Å². The third-order valence-corrected chi connectivity index (χ3v) is 6.14. The van der Waals surface area contributed by atoms with Gasteiger partial charge in [-0.2, -0.15) is 0 Å². The average molecular weight is 512 g/mol. The molecule has 0 aromatic rings. The molecule has 0 saturated carbocycles. The number of unbranched alkanes of at least 4 members (excludes halogenated alkanes) is 1. The fourth-order valence-electron chi connectivity index (χ4n) is 2.65. The van der Waals surface area contributed by atoms with Gasteiger partial charge in [-0.05, 0) is 62.9 Å². The Hall–Kier alpha value is -0.950. The van der Waals surface area contributed by atoms with Gasteiger partial charge in [-0.3, -0.25) is 29.4 Å². The van der Waals surface area contributed by atoms with Gasteiger partial charge < -0.3 is 26.1 Å². The van der Waals surface area contributed by atoms with Crippen LogP contribution in [0.2, 0.25) is 0 Å². The molecule has 7 N–H and O–H groups in total. The van der Waals surface area contributed by atoms with Crippen molar-refractivity contribution in [1.29, 1.82) is 0 Å². The molecule has 8 atom stereocenters. The quantitative estimate of drug-likeness (QED) is 0.102. The second kappa shape index (κ2) is 17.5. The molecular weight excluding hydrogens is 473 g/mol. The molecule has 32 heavy (non-hydrogen) atoms. The Morgan fingerprint density at radius 1 is 0.844 bits per heavy atom. The van der Waals surface area contributed by atoms with E-state index in [4.69, 9.17) is 0 Å². The van der Waals surface area contributed by atoms with E-state index >= 15 is 0 Å². The molecule has 0 fully saturated rings. The topological polar surface area (TPSA) is 161 Å². The molecule has 0 saturated heterocycles. The monoisotopic (exact) mass is 512 g/mol. The number of hydrogen-bond donors (Lipinski definition) is 7. The lowest BCUT2D eigenvalue weighted by Gasteiger charge is -2.25. The molecule has 0 aromatic carbocycles. The molecular formula is C18H39N6O5P3. The summed E-state index contributed by atoms with van der Waals surface area (Å²) < 4.78 is 0. The maximum atomic E-state index is 12.6. The van der Waals surface area contributed by atoms with Gasteiger partial charge in [0.05, 0.1) is 12.1 Å². The summed E-state index contributed by atoms with van der Waals surface area (Å²) in [7, 11) is 3.11. The van der Waals surface area contributed by atoms with E-state index in [9.17, 15) is 24.3 Å². The Kier molecular flexibility index (Phi) is 17.0. The smallest absolute Gasteiger partial charge is 0.251 e. The number of carbonyl (C=O) groups excluding carboxylic acids is 4. The van der Waals surface area contributed by atoms with Gasteiger partial charge in [0.15, 0.2) is 6.10 Å². The highest BCUT2D eigenvalue weighted by Crippen LogP contribution is 2.08. The fraction of sp³-hybridized carbons (Fsp3) is 0.778. The maximum absolute atomic E-state index is 12.6. The van der Waals surface area contributed by atoms with Crippen molar-refractivity contribution >= 4 is 50.5 Å². The van der Waals surface area contributed by atoms with E-state index in [-0.39, 0.29) is 5.91 Å². The van der Waals surface area contributed by atoms with E-state index in [2.05, 4.69) is 37.9 Å². The first kappa shape index (κ1) is 31.0. The average Bonchev–Trinajstić information content (AvgIpc) is 2.76. The fourth-order valence-corrected chi connectivity index (χ4v) is 3.95. The van der Waals surface area contributed by atoms with Gasteiger partial charge >= 0.3 is 0 Å². The van der Waals surface area contributed by atoms with Crippen LogP contribution in [-0.2, 0) is 19.2 Å². The van der Waals surface area contributed by atoms with Crippen LogP contribution in [0.25, 0.3) is 0 Å². The number of hydrogen-bond acceptors (Lipinski definition) is 7. The molecule has 0 rings (SSSR count). The second-order valence-corrected chi connectivity index (χ2v) is 9.26. The number of nitrogens with one attached hydrogen (secondary N) is 6. The van der Waals surface area contributed by atoms with Gasteiger partial charge in [-0.25, -0.2) is 0 Å². The zero-order chi connectivity index (χ0) is 24.7. The predicted molar refractivity (Wildman–Crippen MR) is 134 cm³/mol. The van der Waals surface area contributed by atoms with Crippen LogP contribution < -0.4 is 31.2 Å². The van der Waals surface area contributed by atoms with E-state index in [0.29, 0.717) is 23.9 Å². The van der Waals surface area contributed by atoms with Gasteiger partial charge in [-0.15, -0.1) is 0 Å². The summed E-state index contributed by atoms with van der Waals surface area (Å²) in [5.74, 6) is -2.06. The summed E-state index contributed by atoms with van der Waals surface area (Å²) in [6.45, 7) is 9.36. The molecule has 0 radical (unpaired) electrons. The minimum Gasteiger partial charge on any atom is -0.381 e. The van der Waals surface area contributed by atoms with Crippen LogP contribution in [0.15, 0.2) is 0 Å². The number of aliphatic hydroxyl groups is 1. The van der Waals surface area contributed by atoms with E-state index < -0.39 is 48.0 Å². The molecule has 0 aliphatic carbocycles. The van der Waals surface area contributed by atoms with Crippen LogP contribution in [0.4, 0.5) is 0 Å². The summed E-state index contributed by atoms with van der Waals surface area (Å²) in [6.07, 6.45) is 0.929. The molecule has 14 heteroatoms. The van der Waals surface area contributed by atoms with E-state index in [1.807, 2.05) is 16.1 Å². The molecule has 0 spiro atoms. The van der Waals surface area contributed by atoms with Crippen LogP contribution in [0, 0.1) is 0 Å². The van der Waals surface area contributed by atoms with Crippen LogP contribution in [-0.4, -0.2) is 78.9 Å². The lowest BCUT2D eigenvalue weighted by molar-refractivity contribution is -0.136. The number of carbonyl (C=O) groups is 4. The highest BCUT2D eigenvalue weighted by Gasteiger charge is 2.29. The van der Waals surface area contributed by atoms with Gasteiger partial charge in [0.2, 0.25) is 17.7 Å². The molecule has 0 aliphatic heterocycles. The second-order valence-electron chi connectivity index (χ2n) is 7.33. The minimum absolute atomic E-state index is 0.285. The molecule has 186 valence electrons. The van der Waals surface area contributed by atoms with E-state index in [0.717, 1.165) is 19.4 Å². The zero-order valence-corrected chi connectivity index (χ0v) is 22.5. The molecule has 5 unspecified atom stereocenters. The third kappa shape index (κ3) is 12.3. The summed E-state index contributed by atoms with van der Waals surface area (Å²) in [6, 6.07) is -3.03. The summed E-state index contributed by atoms with van der Waals surface area (Å²) >= 11 is 0. The SMILES string of the molecule is CPNCCCC[C@H](NPC)C(=O)NC(C)C(O)C(=O)N[C@@H](C)C(=O)N[C@@H](C)C(=O)NP. The summed E-state index contributed by atoms with van der Waals surface area (Å²) in [5.41, 5.74) is 0. The van der Waals surface area contributed by atoms with Crippen molar-refractivity contribution in [3.63, 3.8) is 0 Å². The lowest BCUT2D eigenvalue weighted by atomic mass is 10.1. The van der Waals surface area contributed by atoms with Gasteiger partial charge in [0, 0.05) is 0 Å². The molecule has 11 nitrogen and oxygen atoms in total. The standard InChI is InChI=1S/C18H39N6O5P3/c1-10(20-17(28)13(24-32-5)8-6-7-9-19-31-4)14(25)18(29)22-11(2)15(26)21-12(3)16(27)23-30/h10-14,19,24-25,31-32H,6-9,30H2,1-5H3,(H,20,28)(H,21,26)(H,22,29)(H,23,27)/t10?,11-,12-,13-,14?/m0/s1. The Labute approximate surface area is 196 Å². The largest absolute Gasteiger partial charge is 0.381 e.